The summed E-state index contributed by atoms with van der Waals surface area (Å²) in [4.78, 5) is 16.5. The Bertz CT molecular complexity index is 2130. The van der Waals surface area contributed by atoms with E-state index in [1.807, 2.05) is 33.9 Å². The normalized spacial score (nSPS) is 12.2. The number of hydrogen-bond acceptors (Lipinski definition) is 4. The summed E-state index contributed by atoms with van der Waals surface area (Å²) in [6.07, 6.45) is 6.82. The number of fused-ring (bicyclic) bond motifs is 7. The molecule has 0 atom stereocenters. The molecule has 1 N–H and O–H groups in total. The third-order valence-corrected chi connectivity index (χ3v) is 9.12. The van der Waals surface area contributed by atoms with Crippen LogP contribution in [0.5, 0.6) is 0 Å². The van der Waals surface area contributed by atoms with E-state index >= 15 is 0 Å². The number of aromatic nitrogens is 1. The molecule has 44 heavy (non-hydrogen) atoms. The van der Waals surface area contributed by atoms with Crippen molar-refractivity contribution in [3.8, 4) is 0 Å². The Morgan fingerprint density at radius 1 is 0.841 bits per heavy atom. The van der Waals surface area contributed by atoms with Crippen LogP contribution < -0.4 is 0 Å². The van der Waals surface area contributed by atoms with E-state index in [1.165, 1.54) is 43.8 Å². The number of pyridine rings is 1. The molecule has 0 spiro atoms. The van der Waals surface area contributed by atoms with Crippen LogP contribution in [-0.2, 0) is 24.9 Å². The number of aryl methyl sites for hydroxylation is 1. The molecule has 0 aliphatic heterocycles. The van der Waals surface area contributed by atoms with Crippen LogP contribution in [0.4, 0.5) is 0 Å². The Labute approximate surface area is 271 Å². The zero-order valence-corrected chi connectivity index (χ0v) is 28.4. The smallest absolute Gasteiger partial charge is 0.162 e. The van der Waals surface area contributed by atoms with E-state index in [-0.39, 0.29) is 43.5 Å². The standard InChI is InChI=1S/C26H14NO.C13H24O2.Ir/c1-14-22-18-9-5-4-8-17(18)19-10-11-27-25-20-12-15-6-2-3-7-16(15)13-21(20)26(28-14)24(22)23(19)25;1-5-10(6-2)12(14)9-13(15)11(7-3)8-4;/h2-11,13H,1H3;9-11,14H,5-8H2,1-4H3;/q-1;;/b;12-9-;. The molecule has 5 heteroatoms. The minimum Gasteiger partial charge on any atom is -0.512 e. The van der Waals surface area contributed by atoms with Crippen LogP contribution in [-0.4, -0.2) is 15.9 Å². The van der Waals surface area contributed by atoms with Crippen molar-refractivity contribution in [2.24, 2.45) is 11.8 Å². The molecule has 7 aromatic rings. The molecule has 5 aromatic carbocycles. The molecule has 0 saturated carbocycles. The average Bonchev–Trinajstić information content (AvgIpc) is 3.39. The van der Waals surface area contributed by atoms with E-state index in [1.54, 1.807) is 0 Å². The second-order valence-electron chi connectivity index (χ2n) is 11.5. The van der Waals surface area contributed by atoms with Gasteiger partial charge in [-0.05, 0) is 65.6 Å². The summed E-state index contributed by atoms with van der Waals surface area (Å²) in [5, 5.41) is 21.4. The number of allylic oxidation sites excluding steroid dienone is 2. The maximum Gasteiger partial charge on any atom is 0.162 e. The minimum atomic E-state index is 0. The number of aliphatic hydroxyl groups is 1. The number of nitrogens with zero attached hydrogens (tertiary/aromatic N) is 1. The summed E-state index contributed by atoms with van der Waals surface area (Å²) in [6, 6.07) is 24.9. The van der Waals surface area contributed by atoms with Gasteiger partial charge in [-0.25, -0.2) is 0 Å². The van der Waals surface area contributed by atoms with Crippen molar-refractivity contribution in [2.45, 2.75) is 60.3 Å². The molecule has 0 saturated heterocycles. The first-order valence-electron chi connectivity index (χ1n) is 15.5. The number of furan rings is 1. The molecule has 1 radical (unpaired) electrons. The van der Waals surface area contributed by atoms with Crippen molar-refractivity contribution >= 4 is 70.7 Å². The number of aliphatic hydroxyl groups excluding tert-OH is 1. The van der Waals surface area contributed by atoms with Gasteiger partial charge in [0, 0.05) is 60.5 Å². The Morgan fingerprint density at radius 3 is 2.18 bits per heavy atom. The van der Waals surface area contributed by atoms with Gasteiger partial charge in [-0.3, -0.25) is 9.78 Å². The quantitative estimate of drug-likeness (QED) is 0.0578. The van der Waals surface area contributed by atoms with Crippen molar-refractivity contribution < 1.29 is 34.4 Å². The molecule has 0 aliphatic rings. The molecule has 2 heterocycles. The molecule has 227 valence electrons. The van der Waals surface area contributed by atoms with Crippen LogP contribution in [0.3, 0.4) is 0 Å². The van der Waals surface area contributed by atoms with Gasteiger partial charge in [0.2, 0.25) is 0 Å². The molecule has 0 fully saturated rings. The Hall–Kier alpha value is -3.79. The summed E-state index contributed by atoms with van der Waals surface area (Å²) < 4.78 is 6.40. The SMILES string of the molecule is CCC(CC)C(=O)/C=C(\O)C(CC)CC.Cc1oc2c3cc4ccccc4[c-]c3c3nccc4c5ccccc5c1c2c43.[Ir]. The van der Waals surface area contributed by atoms with Crippen LogP contribution in [0, 0.1) is 24.8 Å². The van der Waals surface area contributed by atoms with Gasteiger partial charge in [-0.2, -0.15) is 0 Å². The van der Waals surface area contributed by atoms with Gasteiger partial charge in [-0.1, -0.05) is 80.9 Å². The van der Waals surface area contributed by atoms with Crippen molar-refractivity contribution in [2.75, 3.05) is 0 Å². The second kappa shape index (κ2) is 13.1. The molecule has 0 bridgehead atoms. The first-order valence-corrected chi connectivity index (χ1v) is 15.5. The largest absolute Gasteiger partial charge is 0.512 e. The van der Waals surface area contributed by atoms with E-state index in [9.17, 15) is 9.90 Å². The summed E-state index contributed by atoms with van der Waals surface area (Å²) in [5.74, 6) is 1.50. The van der Waals surface area contributed by atoms with Crippen LogP contribution in [0.2, 0.25) is 0 Å². The van der Waals surface area contributed by atoms with Gasteiger partial charge in [0.05, 0.1) is 5.76 Å². The number of carbonyl (C=O) groups is 1. The van der Waals surface area contributed by atoms with E-state index in [4.69, 9.17) is 9.40 Å². The van der Waals surface area contributed by atoms with E-state index in [0.717, 1.165) is 58.7 Å². The van der Waals surface area contributed by atoms with Crippen LogP contribution in [0.1, 0.15) is 59.1 Å². The monoisotopic (exact) mass is 761 g/mol. The fourth-order valence-electron chi connectivity index (χ4n) is 6.67. The van der Waals surface area contributed by atoms with Gasteiger partial charge < -0.3 is 9.52 Å². The Morgan fingerprint density at radius 2 is 1.48 bits per heavy atom. The fraction of sp³-hybridized carbons (Fsp3) is 0.282. The number of hydrogen-bond donors (Lipinski definition) is 1. The van der Waals surface area contributed by atoms with Gasteiger partial charge in [-0.15, -0.1) is 23.6 Å². The molecule has 0 amide bonds. The average molecular weight is 761 g/mol. The van der Waals surface area contributed by atoms with Crippen LogP contribution in [0.15, 0.2) is 83.1 Å². The minimum absolute atomic E-state index is 0. The van der Waals surface area contributed by atoms with E-state index < -0.39 is 0 Å². The summed E-state index contributed by atoms with van der Waals surface area (Å²) in [7, 11) is 0. The summed E-state index contributed by atoms with van der Waals surface area (Å²) >= 11 is 0. The zero-order valence-electron chi connectivity index (χ0n) is 26.0. The summed E-state index contributed by atoms with van der Waals surface area (Å²) in [5.41, 5.74) is 1.95. The molecular weight excluding hydrogens is 723 g/mol. The number of carbonyl (C=O) groups excluding carboxylic acids is 1. The molecule has 7 rings (SSSR count). The van der Waals surface area contributed by atoms with Gasteiger partial charge in [0.15, 0.2) is 5.78 Å². The van der Waals surface area contributed by atoms with Gasteiger partial charge in [0.25, 0.3) is 0 Å². The maximum atomic E-state index is 11.7. The van der Waals surface area contributed by atoms with Gasteiger partial charge in [0.1, 0.15) is 11.3 Å². The van der Waals surface area contributed by atoms with Crippen LogP contribution in [0.25, 0.3) is 65.0 Å². The zero-order chi connectivity index (χ0) is 30.2. The molecule has 4 nitrogen and oxygen atoms in total. The van der Waals surface area contributed by atoms with Gasteiger partial charge >= 0.3 is 0 Å². The first-order chi connectivity index (χ1) is 20.9. The summed E-state index contributed by atoms with van der Waals surface area (Å²) in [6.45, 7) is 10.1. The first kappa shape index (κ1) is 31.6. The van der Waals surface area contributed by atoms with Crippen LogP contribution >= 0.6 is 0 Å². The number of rotatable bonds is 7. The van der Waals surface area contributed by atoms with Crippen molar-refractivity contribution in [1.82, 2.24) is 4.98 Å². The predicted octanol–water partition coefficient (Wildman–Crippen LogP) is 11.0. The second-order valence-corrected chi connectivity index (χ2v) is 11.5. The third kappa shape index (κ3) is 5.27. The molecular formula is C39H38IrNO3-. The van der Waals surface area contributed by atoms with Crippen molar-refractivity contribution in [3.63, 3.8) is 0 Å². The molecule has 0 aliphatic carbocycles. The fourth-order valence-corrected chi connectivity index (χ4v) is 6.67. The Kier molecular flexibility index (Phi) is 9.39. The molecule has 0 unspecified atom stereocenters. The molecule has 2 aromatic heterocycles. The van der Waals surface area contributed by atoms with E-state index in [0.29, 0.717) is 0 Å². The van der Waals surface area contributed by atoms with E-state index in [2.05, 4.69) is 73.7 Å². The predicted molar refractivity (Wildman–Crippen MR) is 180 cm³/mol. The number of benzene rings is 5. The van der Waals surface area contributed by atoms with Crippen molar-refractivity contribution in [3.05, 3.63) is 90.5 Å². The third-order valence-electron chi connectivity index (χ3n) is 9.12. The topological polar surface area (TPSA) is 63.3 Å². The maximum absolute atomic E-state index is 11.7. The number of ketones is 1. The van der Waals surface area contributed by atoms with Crippen molar-refractivity contribution in [1.29, 1.82) is 0 Å². The Balaban J connectivity index is 0.000000209.